The molecule has 4 bridgehead atoms. The smallest absolute Gasteiger partial charge is 0.322 e. The molecule has 1 heterocycles. The number of aromatic nitrogens is 1. The molecule has 0 unspecified atom stereocenters. The van der Waals surface area contributed by atoms with Crippen LogP contribution in [0.1, 0.15) is 49.8 Å². The van der Waals surface area contributed by atoms with Gasteiger partial charge in [0, 0.05) is 24.1 Å². The molecule has 4 fully saturated rings. The molecule has 5 heteroatoms. The number of aryl methyl sites for hydroxylation is 1. The second-order valence-electron chi connectivity index (χ2n) is 8.60. The Morgan fingerprint density at radius 2 is 1.72 bits per heavy atom. The summed E-state index contributed by atoms with van der Waals surface area (Å²) in [6, 6.07) is 3.62. The van der Waals surface area contributed by atoms with Crippen molar-refractivity contribution >= 4 is 11.9 Å². The summed E-state index contributed by atoms with van der Waals surface area (Å²) in [7, 11) is 0. The van der Waals surface area contributed by atoms with Crippen molar-refractivity contribution < 1.29 is 14.2 Å². The van der Waals surface area contributed by atoms with Crippen LogP contribution in [0.15, 0.2) is 18.3 Å². The topological polar surface area (TPSA) is 62.1 Å². The minimum atomic E-state index is -0.321. The summed E-state index contributed by atoms with van der Waals surface area (Å²) in [6.45, 7) is 4.17. The summed E-state index contributed by atoms with van der Waals surface area (Å²) in [6.07, 6.45) is 9.16. The third-order valence-corrected chi connectivity index (χ3v) is 6.60. The summed E-state index contributed by atoms with van der Waals surface area (Å²) in [5, 5.41) is 5.73. The van der Waals surface area contributed by atoms with E-state index in [0.29, 0.717) is 0 Å². The molecule has 4 aliphatic rings. The van der Waals surface area contributed by atoms with Gasteiger partial charge in [-0.1, -0.05) is 0 Å². The van der Waals surface area contributed by atoms with Gasteiger partial charge >= 0.3 is 6.03 Å². The van der Waals surface area contributed by atoms with Crippen molar-refractivity contribution in [2.45, 2.75) is 64.5 Å². The zero-order chi connectivity index (χ0) is 17.6. The van der Waals surface area contributed by atoms with Gasteiger partial charge < -0.3 is 5.32 Å². The molecule has 0 saturated heterocycles. The van der Waals surface area contributed by atoms with Gasteiger partial charge in [0.05, 0.1) is 0 Å². The monoisotopic (exact) mass is 342 g/mol. The van der Waals surface area contributed by atoms with Crippen LogP contribution in [0.3, 0.4) is 0 Å². The number of hydrogen-bond acceptors (Lipinski definition) is 2. The van der Waals surface area contributed by atoms with Crippen molar-refractivity contribution in [2.24, 2.45) is 17.8 Å². The Kier molecular flexibility index (Phi) is 4.05. The lowest BCUT2D eigenvalue weighted by molar-refractivity contribution is -0.690. The number of nitrogens with zero attached hydrogens (tertiary/aromatic N) is 1. The van der Waals surface area contributed by atoms with Gasteiger partial charge in [0.2, 0.25) is 6.54 Å². The minimum Gasteiger partial charge on any atom is -0.332 e. The molecule has 3 amide bonds. The van der Waals surface area contributed by atoms with Gasteiger partial charge in [0.15, 0.2) is 11.9 Å². The number of amides is 3. The molecular formula is C20H28N3O2+. The predicted molar refractivity (Wildman–Crippen MR) is 93.7 cm³/mol. The van der Waals surface area contributed by atoms with Crippen LogP contribution in [0.2, 0.25) is 0 Å². The molecule has 4 aliphatic carbocycles. The summed E-state index contributed by atoms with van der Waals surface area (Å²) in [5.74, 6) is 2.05. The Balaban J connectivity index is 1.36. The molecule has 0 aliphatic heterocycles. The Bertz CT molecular complexity index is 678. The third kappa shape index (κ3) is 3.29. The van der Waals surface area contributed by atoms with Crippen LogP contribution in [0.5, 0.6) is 0 Å². The van der Waals surface area contributed by atoms with Gasteiger partial charge in [-0.05, 0) is 69.3 Å². The van der Waals surface area contributed by atoms with Gasteiger partial charge in [0.1, 0.15) is 0 Å². The summed E-state index contributed by atoms with van der Waals surface area (Å²) >= 11 is 0. The van der Waals surface area contributed by atoms with Crippen molar-refractivity contribution in [3.05, 3.63) is 29.6 Å². The van der Waals surface area contributed by atoms with Crippen molar-refractivity contribution in [2.75, 3.05) is 0 Å². The number of carbonyl (C=O) groups is 2. The highest BCUT2D eigenvalue weighted by molar-refractivity contribution is 5.93. The molecule has 2 N–H and O–H groups in total. The molecule has 5 rings (SSSR count). The van der Waals surface area contributed by atoms with Crippen molar-refractivity contribution in [1.82, 2.24) is 10.6 Å². The van der Waals surface area contributed by atoms with E-state index in [1.165, 1.54) is 19.3 Å². The first-order valence-electron chi connectivity index (χ1n) is 9.50. The zero-order valence-electron chi connectivity index (χ0n) is 15.2. The minimum absolute atomic E-state index is 0.0640. The first kappa shape index (κ1) is 16.6. The standard InChI is InChI=1S/C20H27N3O2/c1-13-4-3-5-23(14(13)2)12-18(24)21-19(25)22-20-9-15-6-16(10-20)8-17(7-15)11-20/h3-5,15-17H,6-12H2,1-2H3,(H-,21,22,24,25)/p+1. The van der Waals surface area contributed by atoms with Crippen LogP contribution in [0, 0.1) is 31.6 Å². The van der Waals surface area contributed by atoms with Crippen molar-refractivity contribution in [1.29, 1.82) is 0 Å². The lowest BCUT2D eigenvalue weighted by Crippen LogP contribution is -2.62. The third-order valence-electron chi connectivity index (χ3n) is 6.60. The SMILES string of the molecule is Cc1ccc[n+](CC(=O)NC(=O)NC23CC4CC(CC(C4)C2)C3)c1C. The number of pyridine rings is 1. The fourth-order valence-corrected chi connectivity index (χ4v) is 5.78. The van der Waals surface area contributed by atoms with Gasteiger partial charge in [-0.3, -0.25) is 10.1 Å². The molecule has 5 nitrogen and oxygen atoms in total. The first-order chi connectivity index (χ1) is 11.9. The molecule has 25 heavy (non-hydrogen) atoms. The average molecular weight is 342 g/mol. The fraction of sp³-hybridized carbons (Fsp3) is 0.650. The van der Waals surface area contributed by atoms with E-state index in [1.807, 2.05) is 36.7 Å². The maximum absolute atomic E-state index is 12.4. The molecule has 0 spiro atoms. The first-order valence-corrected chi connectivity index (χ1v) is 9.50. The highest BCUT2D eigenvalue weighted by atomic mass is 16.2. The van der Waals surface area contributed by atoms with E-state index in [9.17, 15) is 9.59 Å². The molecular weight excluding hydrogens is 314 g/mol. The second kappa shape index (κ2) is 6.11. The number of hydrogen-bond donors (Lipinski definition) is 2. The lowest BCUT2D eigenvalue weighted by atomic mass is 9.53. The molecule has 1 aromatic heterocycles. The number of urea groups is 1. The fourth-order valence-electron chi connectivity index (χ4n) is 5.78. The molecule has 1 aromatic rings. The van der Waals surface area contributed by atoms with Crippen molar-refractivity contribution in [3.63, 3.8) is 0 Å². The lowest BCUT2D eigenvalue weighted by Gasteiger charge is -2.56. The van der Waals surface area contributed by atoms with E-state index in [0.717, 1.165) is 48.3 Å². The van der Waals surface area contributed by atoms with Gasteiger partial charge in [-0.25, -0.2) is 4.79 Å². The predicted octanol–water partition coefficient (Wildman–Crippen LogP) is 2.39. The number of imide groups is 1. The van der Waals surface area contributed by atoms with E-state index in [4.69, 9.17) is 0 Å². The Labute approximate surface area is 149 Å². The maximum atomic E-state index is 12.4. The normalized spacial score (nSPS) is 32.5. The van der Waals surface area contributed by atoms with Gasteiger partial charge in [-0.2, -0.15) is 4.57 Å². The van der Waals surface area contributed by atoms with E-state index in [-0.39, 0.29) is 24.0 Å². The number of carbonyl (C=O) groups excluding carboxylic acids is 2. The summed E-state index contributed by atoms with van der Waals surface area (Å²) in [4.78, 5) is 24.7. The summed E-state index contributed by atoms with van der Waals surface area (Å²) < 4.78 is 1.88. The molecule has 4 saturated carbocycles. The molecule has 0 radical (unpaired) electrons. The highest BCUT2D eigenvalue weighted by Gasteiger charge is 2.51. The van der Waals surface area contributed by atoms with Gasteiger partial charge in [-0.15, -0.1) is 0 Å². The quantitative estimate of drug-likeness (QED) is 0.829. The van der Waals surface area contributed by atoms with Gasteiger partial charge in [0.25, 0.3) is 5.91 Å². The number of nitrogens with one attached hydrogen (secondary N) is 2. The summed E-state index contributed by atoms with van der Waals surface area (Å²) in [5.41, 5.74) is 2.11. The van der Waals surface area contributed by atoms with Crippen molar-refractivity contribution in [3.8, 4) is 0 Å². The maximum Gasteiger partial charge on any atom is 0.322 e. The van der Waals surface area contributed by atoms with E-state index in [1.54, 1.807) is 0 Å². The van der Waals surface area contributed by atoms with Crippen LogP contribution in [-0.2, 0) is 11.3 Å². The van der Waals surface area contributed by atoms with E-state index in [2.05, 4.69) is 10.6 Å². The van der Waals surface area contributed by atoms with Crippen LogP contribution in [0.4, 0.5) is 4.79 Å². The van der Waals surface area contributed by atoms with E-state index >= 15 is 0 Å². The Morgan fingerprint density at radius 3 is 2.32 bits per heavy atom. The largest absolute Gasteiger partial charge is 0.332 e. The number of rotatable bonds is 3. The highest BCUT2D eigenvalue weighted by Crippen LogP contribution is 2.55. The Hall–Kier alpha value is -1.91. The average Bonchev–Trinajstić information content (AvgIpc) is 2.49. The molecule has 0 aromatic carbocycles. The van der Waals surface area contributed by atoms with Crippen LogP contribution >= 0.6 is 0 Å². The van der Waals surface area contributed by atoms with Crippen LogP contribution in [-0.4, -0.2) is 17.5 Å². The Morgan fingerprint density at radius 1 is 1.12 bits per heavy atom. The zero-order valence-corrected chi connectivity index (χ0v) is 15.2. The second-order valence-corrected chi connectivity index (χ2v) is 8.60. The van der Waals surface area contributed by atoms with Crippen LogP contribution < -0.4 is 15.2 Å². The van der Waals surface area contributed by atoms with E-state index < -0.39 is 0 Å². The van der Waals surface area contributed by atoms with Crippen LogP contribution in [0.25, 0.3) is 0 Å². The molecule has 0 atom stereocenters. The molecule has 134 valence electrons.